The highest BCUT2D eigenvalue weighted by molar-refractivity contribution is 7.99. The number of likely N-dealkylation sites (tertiary alicyclic amines) is 1. The molecule has 2 atom stereocenters. The van der Waals surface area contributed by atoms with Crippen LogP contribution in [-0.4, -0.2) is 63.6 Å². The van der Waals surface area contributed by atoms with Crippen LogP contribution in [-0.2, 0) is 4.79 Å². The topological polar surface area (TPSA) is 60.9 Å². The molecule has 2 rings (SSSR count). The fraction of sp³-hybridized carbons (Fsp3) is 0.818. The lowest BCUT2D eigenvalue weighted by Crippen LogP contribution is -2.51. The van der Waals surface area contributed by atoms with Gasteiger partial charge in [-0.2, -0.15) is 11.8 Å². The van der Waals surface area contributed by atoms with Crippen molar-refractivity contribution in [2.45, 2.75) is 31.1 Å². The van der Waals surface area contributed by atoms with Gasteiger partial charge >= 0.3 is 12.0 Å². The fourth-order valence-corrected chi connectivity index (χ4v) is 3.44. The second kappa shape index (κ2) is 5.16. The number of hydrogen-bond acceptors (Lipinski definition) is 3. The molecule has 96 valence electrons. The van der Waals surface area contributed by atoms with E-state index in [9.17, 15) is 9.59 Å². The maximum atomic E-state index is 12.2. The number of carbonyl (C=O) groups is 2. The van der Waals surface area contributed by atoms with Crippen molar-refractivity contribution in [1.82, 2.24) is 9.80 Å². The second-order valence-corrected chi connectivity index (χ2v) is 6.15. The summed E-state index contributed by atoms with van der Waals surface area (Å²) in [7, 11) is 0. The summed E-state index contributed by atoms with van der Waals surface area (Å²) in [4.78, 5) is 26.6. The van der Waals surface area contributed by atoms with E-state index in [1.807, 2.05) is 11.8 Å². The number of nitrogens with zero attached hydrogens (tertiary/aromatic N) is 2. The highest BCUT2D eigenvalue weighted by Gasteiger charge is 2.37. The lowest BCUT2D eigenvalue weighted by Gasteiger charge is -2.34. The molecule has 0 aromatic heterocycles. The third-order valence-corrected chi connectivity index (χ3v) is 4.43. The highest BCUT2D eigenvalue weighted by atomic mass is 32.2. The quantitative estimate of drug-likeness (QED) is 0.765. The molecule has 0 aliphatic carbocycles. The number of hydrogen-bond donors (Lipinski definition) is 1. The highest BCUT2D eigenvalue weighted by Crippen LogP contribution is 2.23. The monoisotopic (exact) mass is 258 g/mol. The molecule has 1 unspecified atom stereocenters. The van der Waals surface area contributed by atoms with Crippen molar-refractivity contribution in [2.24, 2.45) is 0 Å². The van der Waals surface area contributed by atoms with Crippen molar-refractivity contribution >= 4 is 23.8 Å². The molecular weight excluding hydrogens is 240 g/mol. The summed E-state index contributed by atoms with van der Waals surface area (Å²) in [5.74, 6) is 0.0636. The van der Waals surface area contributed by atoms with Crippen LogP contribution in [0.15, 0.2) is 0 Å². The molecule has 2 heterocycles. The molecule has 17 heavy (non-hydrogen) atoms. The van der Waals surface area contributed by atoms with Crippen LogP contribution in [0.1, 0.15) is 19.8 Å². The van der Waals surface area contributed by atoms with Gasteiger partial charge in [0.2, 0.25) is 0 Å². The molecule has 6 heteroatoms. The summed E-state index contributed by atoms with van der Waals surface area (Å²) in [5, 5.41) is 9.51. The Morgan fingerprint density at radius 1 is 1.35 bits per heavy atom. The maximum Gasteiger partial charge on any atom is 0.326 e. The summed E-state index contributed by atoms with van der Waals surface area (Å²) in [5.41, 5.74) is 0. The molecule has 0 bridgehead atoms. The molecule has 1 N–H and O–H groups in total. The minimum Gasteiger partial charge on any atom is -0.480 e. The molecule has 2 aliphatic rings. The van der Waals surface area contributed by atoms with E-state index >= 15 is 0 Å². The molecule has 0 spiro atoms. The SMILES string of the molecule is CC1CN(C(=O)N2CCC[C@H]2C(=O)O)CCS1. The molecule has 0 saturated carbocycles. The van der Waals surface area contributed by atoms with E-state index in [4.69, 9.17) is 5.11 Å². The summed E-state index contributed by atoms with van der Waals surface area (Å²) in [6, 6.07) is -0.713. The Morgan fingerprint density at radius 2 is 2.12 bits per heavy atom. The standard InChI is InChI=1S/C11H18N2O3S/c1-8-7-12(5-6-17-8)11(16)13-4-2-3-9(13)10(14)15/h8-9H,2-7H2,1H3,(H,14,15)/t8?,9-/m0/s1. The first-order valence-electron chi connectivity index (χ1n) is 5.99. The number of carbonyl (C=O) groups excluding carboxylic acids is 1. The summed E-state index contributed by atoms with van der Waals surface area (Å²) in [6.07, 6.45) is 1.38. The van der Waals surface area contributed by atoms with Gasteiger partial charge in [-0.25, -0.2) is 9.59 Å². The fourth-order valence-electron chi connectivity index (χ4n) is 2.43. The molecular formula is C11H18N2O3S. The second-order valence-electron chi connectivity index (χ2n) is 4.60. The van der Waals surface area contributed by atoms with Crippen LogP contribution in [0.5, 0.6) is 0 Å². The third kappa shape index (κ3) is 2.68. The Morgan fingerprint density at radius 3 is 2.76 bits per heavy atom. The molecule has 2 amide bonds. The van der Waals surface area contributed by atoms with Gasteiger partial charge in [-0.1, -0.05) is 6.92 Å². The first kappa shape index (κ1) is 12.5. The van der Waals surface area contributed by atoms with Crippen molar-refractivity contribution in [3.8, 4) is 0 Å². The van der Waals surface area contributed by atoms with Crippen LogP contribution in [0.2, 0.25) is 0 Å². The van der Waals surface area contributed by atoms with E-state index in [2.05, 4.69) is 6.92 Å². The number of rotatable bonds is 1. The predicted octanol–water partition coefficient (Wildman–Crippen LogP) is 1.09. The van der Waals surface area contributed by atoms with Crippen molar-refractivity contribution in [2.75, 3.05) is 25.4 Å². The van der Waals surface area contributed by atoms with Crippen LogP contribution in [0.4, 0.5) is 4.79 Å². The molecule has 0 radical (unpaired) electrons. The zero-order valence-electron chi connectivity index (χ0n) is 9.96. The largest absolute Gasteiger partial charge is 0.480 e. The van der Waals surface area contributed by atoms with Gasteiger partial charge in [0.1, 0.15) is 6.04 Å². The lowest BCUT2D eigenvalue weighted by atomic mass is 10.2. The number of urea groups is 1. The number of amides is 2. The molecule has 2 fully saturated rings. The van der Waals surface area contributed by atoms with Crippen molar-refractivity contribution in [3.63, 3.8) is 0 Å². The summed E-state index contributed by atoms with van der Waals surface area (Å²) in [6.45, 7) is 4.14. The van der Waals surface area contributed by atoms with Gasteiger partial charge in [-0.15, -0.1) is 0 Å². The van der Waals surface area contributed by atoms with E-state index in [1.54, 1.807) is 4.90 Å². The lowest BCUT2D eigenvalue weighted by molar-refractivity contribution is -0.141. The van der Waals surface area contributed by atoms with Crippen molar-refractivity contribution < 1.29 is 14.7 Å². The number of thioether (sulfide) groups is 1. The molecule has 2 aliphatic heterocycles. The average Bonchev–Trinajstić information content (AvgIpc) is 2.77. The number of carboxylic acids is 1. The number of aliphatic carboxylic acids is 1. The van der Waals surface area contributed by atoms with Crippen molar-refractivity contribution in [1.29, 1.82) is 0 Å². The van der Waals surface area contributed by atoms with Gasteiger partial charge in [0.05, 0.1) is 0 Å². The van der Waals surface area contributed by atoms with Gasteiger partial charge in [0.15, 0.2) is 0 Å². The first-order chi connectivity index (χ1) is 8.09. The zero-order chi connectivity index (χ0) is 12.4. The molecule has 5 nitrogen and oxygen atoms in total. The van der Waals surface area contributed by atoms with Gasteiger partial charge in [0, 0.05) is 30.6 Å². The smallest absolute Gasteiger partial charge is 0.326 e. The predicted molar refractivity (Wildman–Crippen MR) is 66.3 cm³/mol. The molecule has 2 saturated heterocycles. The van der Waals surface area contributed by atoms with Crippen LogP contribution >= 0.6 is 11.8 Å². The van der Waals surface area contributed by atoms with Crippen LogP contribution in [0.3, 0.4) is 0 Å². The van der Waals surface area contributed by atoms with Crippen LogP contribution < -0.4 is 0 Å². The number of carboxylic acid groups (broad SMARTS) is 1. The average molecular weight is 258 g/mol. The summed E-state index contributed by atoms with van der Waals surface area (Å²) < 4.78 is 0. The Balaban J connectivity index is 2.01. The van der Waals surface area contributed by atoms with Crippen LogP contribution in [0, 0.1) is 0 Å². The van der Waals surface area contributed by atoms with Gasteiger partial charge in [-0.05, 0) is 12.8 Å². The Kier molecular flexibility index (Phi) is 3.81. The molecule has 0 aromatic carbocycles. The van der Waals surface area contributed by atoms with Gasteiger partial charge < -0.3 is 14.9 Å². The van der Waals surface area contributed by atoms with Gasteiger partial charge in [0.25, 0.3) is 0 Å². The summed E-state index contributed by atoms with van der Waals surface area (Å²) >= 11 is 1.86. The third-order valence-electron chi connectivity index (χ3n) is 3.30. The zero-order valence-corrected chi connectivity index (χ0v) is 10.8. The van der Waals surface area contributed by atoms with Gasteiger partial charge in [-0.3, -0.25) is 0 Å². The van der Waals surface area contributed by atoms with E-state index in [0.29, 0.717) is 18.2 Å². The minimum absolute atomic E-state index is 0.0953. The Labute approximate surface area is 105 Å². The van der Waals surface area contributed by atoms with Crippen LogP contribution in [0.25, 0.3) is 0 Å². The Bertz CT molecular complexity index is 324. The van der Waals surface area contributed by atoms with E-state index < -0.39 is 12.0 Å². The normalized spacial score (nSPS) is 29.5. The minimum atomic E-state index is -0.879. The van der Waals surface area contributed by atoms with E-state index in [-0.39, 0.29) is 6.03 Å². The van der Waals surface area contributed by atoms with E-state index in [0.717, 1.165) is 25.3 Å². The maximum absolute atomic E-state index is 12.2. The van der Waals surface area contributed by atoms with Crippen molar-refractivity contribution in [3.05, 3.63) is 0 Å². The Hall–Kier alpha value is -0.910. The first-order valence-corrected chi connectivity index (χ1v) is 7.04. The van der Waals surface area contributed by atoms with E-state index in [1.165, 1.54) is 4.90 Å². The molecule has 0 aromatic rings.